The second kappa shape index (κ2) is 3.65. The van der Waals surface area contributed by atoms with Gasteiger partial charge >= 0.3 is 0 Å². The van der Waals surface area contributed by atoms with Crippen LogP contribution in [0, 0.1) is 5.41 Å². The Morgan fingerprint density at radius 2 is 2.29 bits per heavy atom. The maximum Gasteiger partial charge on any atom is 0.0769 e. The van der Waals surface area contributed by atoms with Crippen molar-refractivity contribution in [3.05, 3.63) is 24.0 Å². The Morgan fingerprint density at radius 1 is 1.50 bits per heavy atom. The van der Waals surface area contributed by atoms with E-state index in [1.165, 1.54) is 12.8 Å². The Hall–Kier alpha value is -0.960. The highest BCUT2D eigenvalue weighted by atomic mass is 15.1. The SMILES string of the molecule is CC1(C)CC(NCc2cccnn2)C1. The summed E-state index contributed by atoms with van der Waals surface area (Å²) < 4.78 is 0. The minimum absolute atomic E-state index is 0.542. The first-order chi connectivity index (χ1) is 6.66. The molecule has 0 aromatic carbocycles. The lowest BCUT2D eigenvalue weighted by Gasteiger charge is -2.43. The van der Waals surface area contributed by atoms with Gasteiger partial charge in [0.05, 0.1) is 5.69 Å². The lowest BCUT2D eigenvalue weighted by atomic mass is 9.68. The van der Waals surface area contributed by atoms with Gasteiger partial charge in [-0.25, -0.2) is 0 Å². The first-order valence-electron chi connectivity index (χ1n) is 5.16. The second-order valence-electron chi connectivity index (χ2n) is 4.87. The standard InChI is InChI=1S/C11H17N3/c1-11(2)6-10(7-11)12-8-9-4-3-5-13-14-9/h3-5,10,12H,6-8H2,1-2H3. The van der Waals surface area contributed by atoms with Crippen molar-refractivity contribution in [3.63, 3.8) is 0 Å². The molecule has 1 aromatic heterocycles. The van der Waals surface area contributed by atoms with E-state index in [0.29, 0.717) is 11.5 Å². The molecule has 3 heteroatoms. The zero-order valence-corrected chi connectivity index (χ0v) is 8.83. The van der Waals surface area contributed by atoms with E-state index in [1.54, 1.807) is 6.20 Å². The maximum atomic E-state index is 4.03. The van der Waals surface area contributed by atoms with E-state index < -0.39 is 0 Å². The molecule has 2 rings (SSSR count). The minimum Gasteiger partial charge on any atom is -0.308 e. The summed E-state index contributed by atoms with van der Waals surface area (Å²) in [6.07, 6.45) is 4.25. The highest BCUT2D eigenvalue weighted by molar-refractivity contribution is 5.00. The molecule has 1 heterocycles. The zero-order valence-electron chi connectivity index (χ0n) is 8.83. The molecule has 3 nitrogen and oxygen atoms in total. The first-order valence-corrected chi connectivity index (χ1v) is 5.16. The average Bonchev–Trinajstić information content (AvgIpc) is 2.13. The smallest absolute Gasteiger partial charge is 0.0769 e. The summed E-state index contributed by atoms with van der Waals surface area (Å²) in [5, 5.41) is 11.4. The van der Waals surface area contributed by atoms with Crippen molar-refractivity contribution in [2.75, 3.05) is 0 Å². The van der Waals surface area contributed by atoms with E-state index in [2.05, 4.69) is 29.4 Å². The van der Waals surface area contributed by atoms with Gasteiger partial charge in [-0.3, -0.25) is 0 Å². The Kier molecular flexibility index (Phi) is 2.50. The van der Waals surface area contributed by atoms with Gasteiger partial charge in [0, 0.05) is 18.8 Å². The van der Waals surface area contributed by atoms with Crippen LogP contribution in [-0.2, 0) is 6.54 Å². The van der Waals surface area contributed by atoms with Crippen molar-refractivity contribution in [1.29, 1.82) is 0 Å². The van der Waals surface area contributed by atoms with Gasteiger partial charge in [-0.05, 0) is 30.4 Å². The molecule has 1 saturated carbocycles. The van der Waals surface area contributed by atoms with Crippen LogP contribution in [0.1, 0.15) is 32.4 Å². The van der Waals surface area contributed by atoms with E-state index in [-0.39, 0.29) is 0 Å². The third-order valence-electron chi connectivity index (χ3n) is 2.80. The molecule has 1 fully saturated rings. The third-order valence-corrected chi connectivity index (χ3v) is 2.80. The van der Waals surface area contributed by atoms with Crippen LogP contribution in [0.4, 0.5) is 0 Å². The summed E-state index contributed by atoms with van der Waals surface area (Å²) >= 11 is 0. The quantitative estimate of drug-likeness (QED) is 0.791. The van der Waals surface area contributed by atoms with Crippen LogP contribution in [0.15, 0.2) is 18.3 Å². The number of aromatic nitrogens is 2. The molecule has 0 aliphatic heterocycles. The van der Waals surface area contributed by atoms with Crippen LogP contribution in [0.2, 0.25) is 0 Å². The van der Waals surface area contributed by atoms with Gasteiger partial charge < -0.3 is 5.32 Å². The molecule has 1 aromatic rings. The number of nitrogens with zero attached hydrogens (tertiary/aromatic N) is 2. The second-order valence-corrected chi connectivity index (χ2v) is 4.87. The lowest BCUT2D eigenvalue weighted by molar-refractivity contribution is 0.125. The van der Waals surface area contributed by atoms with Crippen LogP contribution in [0.5, 0.6) is 0 Å². The van der Waals surface area contributed by atoms with Crippen molar-refractivity contribution in [3.8, 4) is 0 Å². The molecule has 0 bridgehead atoms. The average molecular weight is 191 g/mol. The Bertz CT molecular complexity index is 287. The van der Waals surface area contributed by atoms with Crippen LogP contribution >= 0.6 is 0 Å². The third kappa shape index (κ3) is 2.29. The van der Waals surface area contributed by atoms with Crippen molar-refractivity contribution >= 4 is 0 Å². The summed E-state index contributed by atoms with van der Waals surface area (Å²) in [7, 11) is 0. The van der Waals surface area contributed by atoms with Crippen molar-refractivity contribution in [1.82, 2.24) is 15.5 Å². The van der Waals surface area contributed by atoms with Gasteiger partial charge in [0.1, 0.15) is 0 Å². The molecule has 1 N–H and O–H groups in total. The van der Waals surface area contributed by atoms with Crippen molar-refractivity contribution in [2.45, 2.75) is 39.3 Å². The molecular formula is C11H17N3. The topological polar surface area (TPSA) is 37.8 Å². The van der Waals surface area contributed by atoms with Gasteiger partial charge in [0.2, 0.25) is 0 Å². The van der Waals surface area contributed by atoms with Gasteiger partial charge in [0.15, 0.2) is 0 Å². The van der Waals surface area contributed by atoms with E-state index in [0.717, 1.165) is 12.2 Å². The molecule has 0 unspecified atom stereocenters. The van der Waals surface area contributed by atoms with Gasteiger partial charge in [0.25, 0.3) is 0 Å². The number of nitrogens with one attached hydrogen (secondary N) is 1. The molecule has 0 amide bonds. The fourth-order valence-electron chi connectivity index (χ4n) is 2.10. The highest BCUT2D eigenvalue weighted by Gasteiger charge is 2.35. The van der Waals surface area contributed by atoms with Crippen molar-refractivity contribution in [2.24, 2.45) is 5.41 Å². The molecule has 0 spiro atoms. The fraction of sp³-hybridized carbons (Fsp3) is 0.636. The summed E-state index contributed by atoms with van der Waals surface area (Å²) in [6.45, 7) is 5.47. The monoisotopic (exact) mass is 191 g/mol. The maximum absolute atomic E-state index is 4.03. The Morgan fingerprint density at radius 3 is 2.86 bits per heavy atom. The summed E-state index contributed by atoms with van der Waals surface area (Å²) in [5.41, 5.74) is 1.57. The number of hydrogen-bond acceptors (Lipinski definition) is 3. The Labute approximate surface area is 84.9 Å². The minimum atomic E-state index is 0.542. The highest BCUT2D eigenvalue weighted by Crippen LogP contribution is 2.39. The van der Waals surface area contributed by atoms with E-state index in [9.17, 15) is 0 Å². The fourth-order valence-corrected chi connectivity index (χ4v) is 2.10. The molecule has 14 heavy (non-hydrogen) atoms. The molecule has 0 saturated heterocycles. The summed E-state index contributed by atoms with van der Waals surface area (Å²) in [5.74, 6) is 0. The Balaban J connectivity index is 1.75. The van der Waals surface area contributed by atoms with Gasteiger partial charge in [-0.15, -0.1) is 0 Å². The lowest BCUT2D eigenvalue weighted by Crippen LogP contribution is -2.45. The summed E-state index contributed by atoms with van der Waals surface area (Å²) in [4.78, 5) is 0. The number of rotatable bonds is 3. The van der Waals surface area contributed by atoms with Crippen molar-refractivity contribution < 1.29 is 0 Å². The molecule has 1 aliphatic carbocycles. The molecule has 0 atom stereocenters. The molecule has 76 valence electrons. The van der Waals surface area contributed by atoms with Crippen LogP contribution in [0.3, 0.4) is 0 Å². The summed E-state index contributed by atoms with van der Waals surface area (Å²) in [6, 6.07) is 4.60. The predicted molar refractivity (Wildman–Crippen MR) is 55.7 cm³/mol. The van der Waals surface area contributed by atoms with Crippen LogP contribution in [0.25, 0.3) is 0 Å². The normalized spacial score (nSPS) is 20.4. The van der Waals surface area contributed by atoms with Gasteiger partial charge in [-0.1, -0.05) is 13.8 Å². The molecule has 0 radical (unpaired) electrons. The van der Waals surface area contributed by atoms with E-state index >= 15 is 0 Å². The number of hydrogen-bond donors (Lipinski definition) is 1. The zero-order chi connectivity index (χ0) is 10.0. The first kappa shape index (κ1) is 9.59. The largest absolute Gasteiger partial charge is 0.308 e. The van der Waals surface area contributed by atoms with Crippen LogP contribution in [-0.4, -0.2) is 16.2 Å². The predicted octanol–water partition coefficient (Wildman–Crippen LogP) is 1.75. The molecule has 1 aliphatic rings. The molecular weight excluding hydrogens is 174 g/mol. The van der Waals surface area contributed by atoms with Crippen LogP contribution < -0.4 is 5.32 Å². The van der Waals surface area contributed by atoms with Gasteiger partial charge in [-0.2, -0.15) is 10.2 Å². The van der Waals surface area contributed by atoms with E-state index in [4.69, 9.17) is 0 Å². The van der Waals surface area contributed by atoms with E-state index in [1.807, 2.05) is 12.1 Å².